The quantitative estimate of drug-likeness (QED) is 0.567. The smallest absolute Gasteiger partial charge is 0.351 e. The van der Waals surface area contributed by atoms with E-state index in [0.29, 0.717) is 25.4 Å². The Kier molecular flexibility index (Phi) is 5.20. The van der Waals surface area contributed by atoms with Crippen LogP contribution in [-0.2, 0) is 10.9 Å². The van der Waals surface area contributed by atoms with Gasteiger partial charge in [-0.3, -0.25) is 0 Å². The Bertz CT molecular complexity index is 373. The van der Waals surface area contributed by atoms with E-state index in [9.17, 15) is 4.79 Å². The van der Waals surface area contributed by atoms with E-state index in [2.05, 4.69) is 18.4 Å². The van der Waals surface area contributed by atoms with E-state index in [1.165, 1.54) is 0 Å². The Morgan fingerprint density at radius 2 is 2.31 bits per heavy atom. The Labute approximate surface area is 96.9 Å². The fourth-order valence-corrected chi connectivity index (χ4v) is 1.70. The Morgan fingerprint density at radius 3 is 2.94 bits per heavy atom. The van der Waals surface area contributed by atoms with Crippen LogP contribution < -0.4 is 0 Å². The predicted octanol–water partition coefficient (Wildman–Crippen LogP) is 3.17. The minimum atomic E-state index is -0.401. The molecular weight excluding hydrogens is 225 g/mol. The zero-order valence-electron chi connectivity index (χ0n) is 9.65. The monoisotopic (exact) mass is 241 g/mol. The van der Waals surface area contributed by atoms with Crippen molar-refractivity contribution in [3.8, 4) is 0 Å². The minimum Gasteiger partial charge on any atom is -0.404 e. The van der Waals surface area contributed by atoms with Gasteiger partial charge in [-0.05, 0) is 19.6 Å². The van der Waals surface area contributed by atoms with Gasteiger partial charge in [-0.1, -0.05) is 24.9 Å². The van der Waals surface area contributed by atoms with E-state index in [1.807, 2.05) is 0 Å². The van der Waals surface area contributed by atoms with E-state index in [0.717, 1.165) is 25.7 Å². The van der Waals surface area contributed by atoms with E-state index < -0.39 is 5.97 Å². The average molecular weight is 241 g/mol. The highest BCUT2D eigenvalue weighted by molar-refractivity contribution is 7.31. The van der Waals surface area contributed by atoms with Crippen molar-refractivity contribution < 1.29 is 13.8 Å². The minimum absolute atomic E-state index is 0.343. The predicted molar refractivity (Wildman–Crippen MR) is 63.9 cm³/mol. The summed E-state index contributed by atoms with van der Waals surface area (Å²) in [5.41, 5.74) is 1.05. The lowest BCUT2D eigenvalue weighted by Crippen LogP contribution is -2.03. The van der Waals surface area contributed by atoms with E-state index >= 15 is 0 Å². The molecule has 0 unspecified atom stereocenters. The maximum Gasteiger partial charge on any atom is 0.351 e. The molecule has 0 N–H and O–H groups in total. The second kappa shape index (κ2) is 6.44. The summed E-state index contributed by atoms with van der Waals surface area (Å²) in [7, 11) is 0.343. The highest BCUT2D eigenvalue weighted by atomic mass is 31.1. The van der Waals surface area contributed by atoms with Gasteiger partial charge in [0.15, 0.2) is 5.76 Å². The number of carbonyl (C=O) groups excluding carboxylic acids is 1. The van der Waals surface area contributed by atoms with Gasteiger partial charge in [-0.2, -0.15) is 0 Å². The standard InChI is InChI=1S/C11H16NO3P/c1-4-5-6-7-9-10(8(2)12-14-9)11(13)15-16-3/h3-7H2,1-2H3. The fraction of sp³-hybridized carbons (Fsp3) is 0.545. The summed E-state index contributed by atoms with van der Waals surface area (Å²) in [6.07, 6.45) is 7.41. The third-order valence-electron chi connectivity index (χ3n) is 2.29. The van der Waals surface area contributed by atoms with Crippen molar-refractivity contribution in [3.05, 3.63) is 17.0 Å². The summed E-state index contributed by atoms with van der Waals surface area (Å²) in [6, 6.07) is 0. The summed E-state index contributed by atoms with van der Waals surface area (Å²) in [4.78, 5) is 11.6. The van der Waals surface area contributed by atoms with Gasteiger partial charge in [0.25, 0.3) is 0 Å². The van der Waals surface area contributed by atoms with Gasteiger partial charge in [0, 0.05) is 6.42 Å². The van der Waals surface area contributed by atoms with Crippen LogP contribution in [0.1, 0.15) is 48.0 Å². The molecule has 0 fully saturated rings. The number of hydrogen-bond acceptors (Lipinski definition) is 4. The van der Waals surface area contributed by atoms with Crippen LogP contribution in [0.5, 0.6) is 0 Å². The molecule has 1 aromatic rings. The van der Waals surface area contributed by atoms with Crippen LogP contribution in [0.15, 0.2) is 4.52 Å². The highest BCUT2D eigenvalue weighted by Gasteiger charge is 2.20. The Balaban J connectivity index is 2.76. The van der Waals surface area contributed by atoms with Gasteiger partial charge in [0.2, 0.25) is 0 Å². The van der Waals surface area contributed by atoms with E-state index in [4.69, 9.17) is 9.05 Å². The molecule has 0 spiro atoms. The SMILES string of the molecule is C=POC(=O)c1c(C)noc1CCCCC. The van der Waals surface area contributed by atoms with Crippen LogP contribution in [0.25, 0.3) is 0 Å². The van der Waals surface area contributed by atoms with Crippen LogP contribution in [0, 0.1) is 6.92 Å². The first-order valence-corrected chi connectivity index (χ1v) is 6.33. The molecule has 5 heteroatoms. The van der Waals surface area contributed by atoms with Gasteiger partial charge in [0.1, 0.15) is 14.0 Å². The molecule has 0 aromatic carbocycles. The molecule has 1 heterocycles. The first-order chi connectivity index (χ1) is 7.70. The molecule has 0 aliphatic heterocycles. The second-order valence-electron chi connectivity index (χ2n) is 3.53. The molecule has 88 valence electrons. The number of rotatable bonds is 6. The maximum atomic E-state index is 11.6. The molecule has 0 bridgehead atoms. The molecule has 0 aliphatic rings. The van der Waals surface area contributed by atoms with Crippen molar-refractivity contribution in [3.63, 3.8) is 0 Å². The normalized spacial score (nSPS) is 10.6. The topological polar surface area (TPSA) is 52.3 Å². The zero-order valence-corrected chi connectivity index (χ0v) is 10.5. The summed E-state index contributed by atoms with van der Waals surface area (Å²) < 4.78 is 9.97. The van der Waals surface area contributed by atoms with Crippen LogP contribution in [0.2, 0.25) is 0 Å². The van der Waals surface area contributed by atoms with Crippen molar-refractivity contribution in [2.45, 2.75) is 39.5 Å². The van der Waals surface area contributed by atoms with Crippen LogP contribution >= 0.6 is 8.43 Å². The molecule has 0 atom stereocenters. The van der Waals surface area contributed by atoms with Gasteiger partial charge in [-0.15, -0.1) is 0 Å². The molecule has 0 aliphatic carbocycles. The summed E-state index contributed by atoms with van der Waals surface area (Å²) in [6.45, 7) is 3.87. The van der Waals surface area contributed by atoms with Gasteiger partial charge in [0.05, 0.1) is 5.69 Å². The van der Waals surface area contributed by atoms with Crippen LogP contribution in [0.4, 0.5) is 0 Å². The number of aromatic nitrogens is 1. The third kappa shape index (κ3) is 3.17. The zero-order chi connectivity index (χ0) is 12.0. The molecule has 4 nitrogen and oxygen atoms in total. The maximum absolute atomic E-state index is 11.6. The molecule has 0 saturated heterocycles. The van der Waals surface area contributed by atoms with Crippen LogP contribution in [-0.4, -0.2) is 17.4 Å². The molecule has 1 aromatic heterocycles. The lowest BCUT2D eigenvalue weighted by Gasteiger charge is -1.99. The number of hydrogen-bond donors (Lipinski definition) is 0. The van der Waals surface area contributed by atoms with E-state index in [1.54, 1.807) is 6.92 Å². The van der Waals surface area contributed by atoms with Crippen molar-refractivity contribution >= 4 is 20.7 Å². The third-order valence-corrected chi connectivity index (χ3v) is 2.59. The van der Waals surface area contributed by atoms with Gasteiger partial charge < -0.3 is 9.05 Å². The summed E-state index contributed by atoms with van der Waals surface area (Å²) in [5.74, 6) is 0.224. The molecule has 0 radical (unpaired) electrons. The highest BCUT2D eigenvalue weighted by Crippen LogP contribution is 2.19. The molecular formula is C11H16NO3P. The van der Waals surface area contributed by atoms with Crippen molar-refractivity contribution in [1.82, 2.24) is 5.16 Å². The number of nitrogens with zero attached hydrogens (tertiary/aromatic N) is 1. The molecule has 16 heavy (non-hydrogen) atoms. The molecule has 0 saturated carbocycles. The first-order valence-electron chi connectivity index (χ1n) is 5.33. The number of carbonyl (C=O) groups is 1. The second-order valence-corrected chi connectivity index (χ2v) is 3.97. The first kappa shape index (κ1) is 12.9. The van der Waals surface area contributed by atoms with Gasteiger partial charge >= 0.3 is 5.97 Å². The summed E-state index contributed by atoms with van der Waals surface area (Å²) >= 11 is 0. The largest absolute Gasteiger partial charge is 0.404 e. The van der Waals surface area contributed by atoms with E-state index in [-0.39, 0.29) is 0 Å². The summed E-state index contributed by atoms with van der Waals surface area (Å²) in [5, 5.41) is 3.80. The molecule has 1 rings (SSSR count). The number of aryl methyl sites for hydroxylation is 2. The Hall–Kier alpha value is -1.15. The van der Waals surface area contributed by atoms with Crippen molar-refractivity contribution in [2.75, 3.05) is 0 Å². The number of unbranched alkanes of at least 4 members (excludes halogenated alkanes) is 2. The van der Waals surface area contributed by atoms with Crippen molar-refractivity contribution in [1.29, 1.82) is 0 Å². The lowest BCUT2D eigenvalue weighted by molar-refractivity contribution is 0.0761. The van der Waals surface area contributed by atoms with Crippen LogP contribution in [0.3, 0.4) is 0 Å². The van der Waals surface area contributed by atoms with Gasteiger partial charge in [-0.25, -0.2) is 4.79 Å². The lowest BCUT2D eigenvalue weighted by atomic mass is 10.1. The molecule has 0 amide bonds. The van der Waals surface area contributed by atoms with Crippen molar-refractivity contribution in [2.24, 2.45) is 0 Å². The Morgan fingerprint density at radius 1 is 1.56 bits per heavy atom. The fourth-order valence-electron chi connectivity index (χ4n) is 1.49. The average Bonchev–Trinajstić information content (AvgIpc) is 2.61.